The third-order valence-electron chi connectivity index (χ3n) is 7.16. The van der Waals surface area contributed by atoms with Gasteiger partial charge in [-0.1, -0.05) is 18.2 Å². The van der Waals surface area contributed by atoms with Crippen molar-refractivity contribution in [3.63, 3.8) is 0 Å². The van der Waals surface area contributed by atoms with Crippen molar-refractivity contribution >= 4 is 15.5 Å². The Morgan fingerprint density at radius 3 is 2.26 bits per heavy atom. The second-order valence-corrected chi connectivity index (χ2v) is 11.6. The molecule has 2 fully saturated rings. The SMILES string of the molecule is CS(=O)(=O)c1cccc(N2CCN(C[C@H]3CC[C@@H](C(F)(F)F)CC3)[C@@H](c3ccc(F)cc3)C2)c1. The molecular formula is C25H30F4N2O2S. The van der Waals surface area contributed by atoms with Crippen LogP contribution in [0, 0.1) is 17.7 Å². The molecule has 4 rings (SSSR count). The van der Waals surface area contributed by atoms with Crippen LogP contribution in [0.15, 0.2) is 53.4 Å². The van der Waals surface area contributed by atoms with Gasteiger partial charge in [-0.3, -0.25) is 4.90 Å². The Bertz CT molecular complexity index is 1080. The molecule has 0 N–H and O–H groups in total. The lowest BCUT2D eigenvalue weighted by Crippen LogP contribution is -2.50. The Hall–Kier alpha value is -2.13. The number of piperazine rings is 1. The number of nitrogens with zero attached hydrogens (tertiary/aromatic N) is 2. The van der Waals surface area contributed by atoms with Crippen molar-refractivity contribution in [3.8, 4) is 0 Å². The molecule has 1 aliphatic carbocycles. The number of benzene rings is 2. The van der Waals surface area contributed by atoms with Gasteiger partial charge in [0.25, 0.3) is 0 Å². The minimum absolute atomic E-state index is 0.0726. The number of alkyl halides is 3. The van der Waals surface area contributed by atoms with Crippen LogP contribution in [0.5, 0.6) is 0 Å². The van der Waals surface area contributed by atoms with Gasteiger partial charge in [0, 0.05) is 38.1 Å². The molecule has 1 saturated carbocycles. The predicted octanol–water partition coefficient (Wildman–Crippen LogP) is 5.46. The summed E-state index contributed by atoms with van der Waals surface area (Å²) < 4.78 is 76.8. The van der Waals surface area contributed by atoms with E-state index in [4.69, 9.17) is 0 Å². The lowest BCUT2D eigenvalue weighted by Gasteiger charge is -2.45. The van der Waals surface area contributed by atoms with E-state index >= 15 is 0 Å². The first kappa shape index (κ1) is 25.0. The second kappa shape index (κ2) is 9.85. The minimum atomic E-state index is -4.12. The standard InChI is InChI=1S/C25H30F4N2O2S/c1-34(32,33)23-4-2-3-22(15-23)30-13-14-31(24(17-30)19-7-11-21(26)12-8-19)16-18-5-9-20(10-6-18)25(27,28)29/h2-4,7-8,11-12,15,18,20,24H,5-6,9-10,13-14,16-17H2,1H3/t18-,20+,24-/m1/s1. The molecule has 0 unspecified atom stereocenters. The van der Waals surface area contributed by atoms with Crippen molar-refractivity contribution in [2.24, 2.45) is 11.8 Å². The van der Waals surface area contributed by atoms with E-state index in [1.165, 1.54) is 18.4 Å². The van der Waals surface area contributed by atoms with Crippen LogP contribution in [0.3, 0.4) is 0 Å². The Morgan fingerprint density at radius 2 is 1.65 bits per heavy atom. The van der Waals surface area contributed by atoms with Gasteiger partial charge < -0.3 is 4.90 Å². The topological polar surface area (TPSA) is 40.6 Å². The number of sulfone groups is 1. The fourth-order valence-electron chi connectivity index (χ4n) is 5.19. The molecule has 9 heteroatoms. The van der Waals surface area contributed by atoms with Crippen LogP contribution < -0.4 is 4.90 Å². The average molecular weight is 499 g/mol. The third-order valence-corrected chi connectivity index (χ3v) is 8.27. The molecule has 1 aliphatic heterocycles. The van der Waals surface area contributed by atoms with E-state index in [-0.39, 0.29) is 35.5 Å². The third kappa shape index (κ3) is 5.92. The monoisotopic (exact) mass is 498 g/mol. The van der Waals surface area contributed by atoms with E-state index in [0.29, 0.717) is 39.0 Å². The van der Waals surface area contributed by atoms with Crippen LogP contribution in [-0.2, 0) is 9.84 Å². The van der Waals surface area contributed by atoms with Gasteiger partial charge in [0.2, 0.25) is 0 Å². The van der Waals surface area contributed by atoms with E-state index in [1.807, 2.05) is 6.07 Å². The van der Waals surface area contributed by atoms with E-state index in [0.717, 1.165) is 11.3 Å². The summed E-state index contributed by atoms with van der Waals surface area (Å²) in [5, 5.41) is 0. The predicted molar refractivity (Wildman–Crippen MR) is 124 cm³/mol. The maximum absolute atomic E-state index is 13.6. The van der Waals surface area contributed by atoms with E-state index in [2.05, 4.69) is 9.80 Å². The highest BCUT2D eigenvalue weighted by molar-refractivity contribution is 7.90. The highest BCUT2D eigenvalue weighted by Crippen LogP contribution is 2.40. The Balaban J connectivity index is 1.51. The molecule has 0 amide bonds. The van der Waals surface area contributed by atoms with Crippen molar-refractivity contribution < 1.29 is 26.0 Å². The van der Waals surface area contributed by atoms with Crippen LogP contribution in [0.4, 0.5) is 23.2 Å². The van der Waals surface area contributed by atoms with Crippen LogP contribution in [0.25, 0.3) is 0 Å². The van der Waals surface area contributed by atoms with Crippen LogP contribution in [0.1, 0.15) is 37.3 Å². The van der Waals surface area contributed by atoms with Crippen molar-refractivity contribution in [2.75, 3.05) is 37.3 Å². The Morgan fingerprint density at radius 1 is 0.971 bits per heavy atom. The van der Waals surface area contributed by atoms with Gasteiger partial charge in [-0.2, -0.15) is 13.2 Å². The fraction of sp³-hybridized carbons (Fsp3) is 0.520. The molecule has 2 aromatic rings. The lowest BCUT2D eigenvalue weighted by atomic mass is 9.81. The Kier molecular flexibility index (Phi) is 7.24. The van der Waals surface area contributed by atoms with Crippen molar-refractivity contribution in [3.05, 3.63) is 59.9 Å². The molecule has 4 nitrogen and oxygen atoms in total. The van der Waals surface area contributed by atoms with Gasteiger partial charge in [0.15, 0.2) is 9.84 Å². The summed E-state index contributed by atoms with van der Waals surface area (Å²) in [7, 11) is -3.34. The molecule has 0 radical (unpaired) electrons. The van der Waals surface area contributed by atoms with Crippen molar-refractivity contribution in [1.29, 1.82) is 0 Å². The van der Waals surface area contributed by atoms with Crippen LogP contribution >= 0.6 is 0 Å². The van der Waals surface area contributed by atoms with Gasteiger partial charge in [0.05, 0.1) is 16.9 Å². The molecule has 2 aromatic carbocycles. The number of hydrogen-bond acceptors (Lipinski definition) is 4. The first-order valence-corrected chi connectivity index (χ1v) is 13.5. The van der Waals surface area contributed by atoms with E-state index in [9.17, 15) is 26.0 Å². The summed E-state index contributed by atoms with van der Waals surface area (Å²) >= 11 is 0. The van der Waals surface area contributed by atoms with Gasteiger partial charge in [-0.25, -0.2) is 12.8 Å². The molecule has 0 aromatic heterocycles. The smallest absolute Gasteiger partial charge is 0.368 e. The summed E-state index contributed by atoms with van der Waals surface area (Å²) in [6.45, 7) is 2.63. The van der Waals surface area contributed by atoms with Crippen molar-refractivity contribution in [1.82, 2.24) is 4.90 Å². The van der Waals surface area contributed by atoms with Gasteiger partial charge in [0.1, 0.15) is 5.82 Å². The van der Waals surface area contributed by atoms with E-state index < -0.39 is 21.9 Å². The second-order valence-electron chi connectivity index (χ2n) is 9.54. The summed E-state index contributed by atoms with van der Waals surface area (Å²) in [6.07, 6.45) is -1.48. The molecular weight excluding hydrogens is 468 g/mol. The Labute approximate surface area is 198 Å². The molecule has 186 valence electrons. The summed E-state index contributed by atoms with van der Waals surface area (Å²) in [5.41, 5.74) is 1.75. The van der Waals surface area contributed by atoms with E-state index in [1.54, 1.807) is 30.3 Å². The number of rotatable bonds is 5. The molecule has 1 atom stereocenters. The fourth-order valence-corrected chi connectivity index (χ4v) is 5.85. The normalized spacial score (nSPS) is 24.9. The average Bonchev–Trinajstić information content (AvgIpc) is 2.79. The van der Waals surface area contributed by atoms with Gasteiger partial charge >= 0.3 is 6.18 Å². The summed E-state index contributed by atoms with van der Waals surface area (Å²) in [4.78, 5) is 4.68. The highest BCUT2D eigenvalue weighted by Gasteiger charge is 2.42. The molecule has 2 aliphatic rings. The highest BCUT2D eigenvalue weighted by atomic mass is 32.2. The van der Waals surface area contributed by atoms with Gasteiger partial charge in [-0.05, 0) is 67.5 Å². The lowest BCUT2D eigenvalue weighted by molar-refractivity contribution is -0.184. The zero-order chi connectivity index (χ0) is 24.5. The maximum atomic E-state index is 13.6. The quantitative estimate of drug-likeness (QED) is 0.514. The summed E-state index contributed by atoms with van der Waals surface area (Å²) in [5.74, 6) is -1.33. The first-order chi connectivity index (χ1) is 16.0. The minimum Gasteiger partial charge on any atom is -0.368 e. The van der Waals surface area contributed by atoms with Crippen molar-refractivity contribution in [2.45, 2.75) is 42.8 Å². The number of halogens is 4. The molecule has 1 heterocycles. The molecule has 0 spiro atoms. The van der Waals surface area contributed by atoms with Gasteiger partial charge in [-0.15, -0.1) is 0 Å². The molecule has 34 heavy (non-hydrogen) atoms. The zero-order valence-electron chi connectivity index (χ0n) is 19.1. The maximum Gasteiger partial charge on any atom is 0.391 e. The zero-order valence-corrected chi connectivity index (χ0v) is 20.0. The molecule has 0 bridgehead atoms. The first-order valence-electron chi connectivity index (χ1n) is 11.6. The number of hydrogen-bond donors (Lipinski definition) is 0. The van der Waals surface area contributed by atoms with Crippen LogP contribution in [-0.4, -0.2) is 51.9 Å². The molecule has 1 saturated heterocycles. The summed E-state index contributed by atoms with van der Waals surface area (Å²) in [6, 6.07) is 13.1. The van der Waals surface area contributed by atoms with Crippen LogP contribution in [0.2, 0.25) is 0 Å². The number of anilines is 1. The largest absolute Gasteiger partial charge is 0.391 e.